The van der Waals surface area contributed by atoms with E-state index in [2.05, 4.69) is 56.3 Å². The van der Waals surface area contributed by atoms with E-state index in [4.69, 9.17) is 18.9 Å². The first-order chi connectivity index (χ1) is 16.3. The lowest BCUT2D eigenvalue weighted by molar-refractivity contribution is -0.150. The molecular weight excluding hydrogens is 428 g/mol. The molecule has 0 fully saturated rings. The quantitative estimate of drug-likeness (QED) is 0.398. The fraction of sp³-hybridized carbons (Fsp3) is 0.345. The maximum absolute atomic E-state index is 12.0. The third kappa shape index (κ3) is 4.74. The van der Waals surface area contributed by atoms with Crippen LogP contribution in [0.15, 0.2) is 72.8 Å². The number of esters is 1. The van der Waals surface area contributed by atoms with Crippen molar-refractivity contribution in [3.8, 4) is 17.2 Å². The highest BCUT2D eigenvalue weighted by Gasteiger charge is 2.45. The molecule has 1 aliphatic heterocycles. The highest BCUT2D eigenvalue weighted by Crippen LogP contribution is 2.53. The number of ether oxygens (including phenoxy) is 4. The van der Waals surface area contributed by atoms with E-state index in [-0.39, 0.29) is 17.8 Å². The molecule has 4 rings (SSSR count). The minimum Gasteiger partial charge on any atom is -0.497 e. The Bertz CT molecular complexity index is 1120. The molecule has 0 radical (unpaired) electrons. The number of hydrogen-bond acceptors (Lipinski definition) is 5. The molecule has 1 heterocycles. The predicted octanol–water partition coefficient (Wildman–Crippen LogP) is 6.11. The second-order valence-corrected chi connectivity index (χ2v) is 9.06. The average Bonchev–Trinajstić information content (AvgIpc) is 2.83. The highest BCUT2D eigenvalue weighted by molar-refractivity contribution is 5.74. The Kier molecular flexibility index (Phi) is 6.82. The van der Waals surface area contributed by atoms with Gasteiger partial charge >= 0.3 is 5.97 Å². The number of rotatable bonds is 7. The van der Waals surface area contributed by atoms with Gasteiger partial charge in [-0.05, 0) is 57.0 Å². The Hall–Kier alpha value is -3.47. The number of benzene rings is 3. The largest absolute Gasteiger partial charge is 0.497 e. The minimum absolute atomic E-state index is 0.0589. The monoisotopic (exact) mass is 460 g/mol. The van der Waals surface area contributed by atoms with Gasteiger partial charge in [-0.1, -0.05) is 48.5 Å². The van der Waals surface area contributed by atoms with Gasteiger partial charge in [0.25, 0.3) is 0 Å². The molecule has 178 valence electrons. The van der Waals surface area contributed by atoms with Gasteiger partial charge in [-0.3, -0.25) is 0 Å². The summed E-state index contributed by atoms with van der Waals surface area (Å²) in [5, 5.41) is 0. The van der Waals surface area contributed by atoms with E-state index in [9.17, 15) is 4.79 Å². The van der Waals surface area contributed by atoms with E-state index >= 15 is 0 Å². The van der Waals surface area contributed by atoms with E-state index in [1.54, 1.807) is 21.0 Å². The van der Waals surface area contributed by atoms with Crippen molar-refractivity contribution < 1.29 is 23.7 Å². The Morgan fingerprint density at radius 2 is 1.65 bits per heavy atom. The summed E-state index contributed by atoms with van der Waals surface area (Å²) in [6.07, 6.45) is -0.668. The van der Waals surface area contributed by atoms with Crippen LogP contribution >= 0.6 is 0 Å². The Labute approximate surface area is 201 Å². The molecule has 3 aromatic rings. The molecule has 3 atom stereocenters. The molecule has 1 unspecified atom stereocenters. The summed E-state index contributed by atoms with van der Waals surface area (Å²) in [6, 6.07) is 24.5. The van der Waals surface area contributed by atoms with Crippen molar-refractivity contribution in [3.05, 3.63) is 89.5 Å². The maximum atomic E-state index is 12.0. The summed E-state index contributed by atoms with van der Waals surface area (Å²) in [6.45, 7) is 8.08. The average molecular weight is 461 g/mol. The summed E-state index contributed by atoms with van der Waals surface area (Å²) in [7, 11) is 1.66. The van der Waals surface area contributed by atoms with E-state index < -0.39 is 11.7 Å². The summed E-state index contributed by atoms with van der Waals surface area (Å²) < 4.78 is 22.9. The lowest BCUT2D eigenvalue weighted by atomic mass is 9.68. The summed E-state index contributed by atoms with van der Waals surface area (Å²) in [5.74, 6) is 2.00. The molecule has 0 saturated heterocycles. The van der Waals surface area contributed by atoms with Crippen LogP contribution in [-0.2, 0) is 9.53 Å². The first kappa shape index (κ1) is 23.7. The summed E-state index contributed by atoms with van der Waals surface area (Å²) in [4.78, 5) is 12.0. The zero-order chi connectivity index (χ0) is 24.3. The zero-order valence-corrected chi connectivity index (χ0v) is 20.4. The highest BCUT2D eigenvalue weighted by atomic mass is 16.6. The SMILES string of the molecule is CCOC(=O)C(C)Oc1ccc([C@@H]2c3ccc(OC)cc3OC(C)(C)[C@H]2c2ccccc2)cc1. The Balaban J connectivity index is 1.74. The van der Waals surface area contributed by atoms with Crippen LogP contribution in [0.25, 0.3) is 0 Å². The minimum atomic E-state index is -0.668. The molecule has 0 aromatic heterocycles. The molecule has 5 nitrogen and oxygen atoms in total. The number of carbonyl (C=O) groups is 1. The van der Waals surface area contributed by atoms with Crippen molar-refractivity contribution in [1.29, 1.82) is 0 Å². The van der Waals surface area contributed by atoms with Crippen molar-refractivity contribution >= 4 is 5.97 Å². The van der Waals surface area contributed by atoms with Crippen molar-refractivity contribution in [2.24, 2.45) is 0 Å². The Morgan fingerprint density at radius 1 is 0.971 bits per heavy atom. The lowest BCUT2D eigenvalue weighted by Gasteiger charge is -2.45. The van der Waals surface area contributed by atoms with Crippen LogP contribution in [-0.4, -0.2) is 31.4 Å². The van der Waals surface area contributed by atoms with Crippen LogP contribution in [0.3, 0.4) is 0 Å². The van der Waals surface area contributed by atoms with Crippen LogP contribution in [0.5, 0.6) is 17.2 Å². The molecule has 0 spiro atoms. The van der Waals surface area contributed by atoms with Gasteiger partial charge in [0.2, 0.25) is 0 Å². The van der Waals surface area contributed by atoms with E-state index in [1.165, 1.54) is 5.56 Å². The van der Waals surface area contributed by atoms with Crippen LogP contribution in [0, 0.1) is 0 Å². The van der Waals surface area contributed by atoms with Crippen LogP contribution in [0.4, 0.5) is 0 Å². The fourth-order valence-corrected chi connectivity index (χ4v) is 4.81. The number of fused-ring (bicyclic) bond motifs is 1. The molecular formula is C29H32O5. The van der Waals surface area contributed by atoms with E-state index in [0.717, 1.165) is 22.6 Å². The first-order valence-corrected chi connectivity index (χ1v) is 11.7. The number of hydrogen-bond donors (Lipinski definition) is 0. The lowest BCUT2D eigenvalue weighted by Crippen LogP contribution is -2.43. The molecule has 0 bridgehead atoms. The second kappa shape index (κ2) is 9.80. The van der Waals surface area contributed by atoms with E-state index in [1.807, 2.05) is 30.3 Å². The predicted molar refractivity (Wildman–Crippen MR) is 132 cm³/mol. The van der Waals surface area contributed by atoms with Crippen LogP contribution in [0.2, 0.25) is 0 Å². The second-order valence-electron chi connectivity index (χ2n) is 9.06. The van der Waals surface area contributed by atoms with Gasteiger partial charge in [0.1, 0.15) is 22.8 Å². The summed E-state index contributed by atoms with van der Waals surface area (Å²) in [5.41, 5.74) is 3.02. The Morgan fingerprint density at radius 3 is 2.29 bits per heavy atom. The van der Waals surface area contributed by atoms with Crippen molar-refractivity contribution in [2.45, 2.75) is 51.2 Å². The van der Waals surface area contributed by atoms with Gasteiger partial charge in [0, 0.05) is 23.5 Å². The zero-order valence-electron chi connectivity index (χ0n) is 20.4. The third-order valence-electron chi connectivity index (χ3n) is 6.34. The van der Waals surface area contributed by atoms with Gasteiger partial charge in [0.15, 0.2) is 6.10 Å². The maximum Gasteiger partial charge on any atom is 0.347 e. The number of carbonyl (C=O) groups excluding carboxylic acids is 1. The number of methoxy groups -OCH3 is 1. The van der Waals surface area contributed by atoms with Crippen molar-refractivity contribution in [2.75, 3.05) is 13.7 Å². The first-order valence-electron chi connectivity index (χ1n) is 11.7. The van der Waals surface area contributed by atoms with Gasteiger partial charge in [-0.2, -0.15) is 0 Å². The van der Waals surface area contributed by atoms with Gasteiger partial charge < -0.3 is 18.9 Å². The molecule has 0 N–H and O–H groups in total. The normalized spacial score (nSPS) is 19.3. The molecule has 0 aliphatic carbocycles. The van der Waals surface area contributed by atoms with Gasteiger partial charge in [0.05, 0.1) is 13.7 Å². The van der Waals surface area contributed by atoms with Crippen molar-refractivity contribution in [1.82, 2.24) is 0 Å². The molecule has 0 saturated carbocycles. The smallest absolute Gasteiger partial charge is 0.347 e. The third-order valence-corrected chi connectivity index (χ3v) is 6.34. The van der Waals surface area contributed by atoms with Gasteiger partial charge in [-0.15, -0.1) is 0 Å². The standard InChI is InChI=1S/C29H32O5/c1-6-32-28(30)19(2)33-22-14-12-20(13-15-22)26-24-17-16-23(31-5)18-25(24)34-29(3,4)27(26)21-10-8-7-9-11-21/h7-19,26-27H,6H2,1-5H3/t19?,26-,27+/m1/s1. The van der Waals surface area contributed by atoms with Crippen LogP contribution in [0.1, 0.15) is 56.2 Å². The van der Waals surface area contributed by atoms with Crippen molar-refractivity contribution in [3.63, 3.8) is 0 Å². The van der Waals surface area contributed by atoms with Crippen LogP contribution < -0.4 is 14.2 Å². The molecule has 0 amide bonds. The fourth-order valence-electron chi connectivity index (χ4n) is 4.81. The summed E-state index contributed by atoms with van der Waals surface area (Å²) >= 11 is 0. The van der Waals surface area contributed by atoms with E-state index in [0.29, 0.717) is 12.4 Å². The topological polar surface area (TPSA) is 54.0 Å². The molecule has 3 aromatic carbocycles. The molecule has 1 aliphatic rings. The molecule has 34 heavy (non-hydrogen) atoms. The van der Waals surface area contributed by atoms with Gasteiger partial charge in [-0.25, -0.2) is 4.79 Å². The molecule has 5 heteroatoms.